The van der Waals surface area contributed by atoms with Gasteiger partial charge in [-0.2, -0.15) is 0 Å². The average Bonchev–Trinajstić information content (AvgIpc) is 3.04. The Morgan fingerprint density at radius 2 is 0.522 bits per heavy atom. The molecule has 0 aromatic carbocycles. The average molecular weight is 865 g/mol. The second-order valence-electron chi connectivity index (χ2n) is 12.8. The minimum absolute atomic E-state index is 0.149. The predicted molar refractivity (Wildman–Crippen MR) is 204 cm³/mol. The van der Waals surface area contributed by atoms with Crippen molar-refractivity contribution in [2.45, 2.75) is 239 Å². The third-order valence-electron chi connectivity index (χ3n) is 7.80. The van der Waals surface area contributed by atoms with Crippen molar-refractivity contribution in [2.24, 2.45) is 0 Å². The molecule has 0 unspecified atom stereocenters. The van der Waals surface area contributed by atoms with Crippen molar-refractivity contribution in [3.63, 3.8) is 0 Å². The number of carbonyl (C=O) groups excluding carboxylic acids is 2. The van der Waals surface area contributed by atoms with Crippen LogP contribution in [0.4, 0.5) is 0 Å². The second kappa shape index (κ2) is 55.0. The fourth-order valence-electron chi connectivity index (χ4n) is 4.62. The van der Waals surface area contributed by atoms with Crippen LogP contribution in [0, 0.1) is 0 Å². The summed E-state index contributed by atoms with van der Waals surface area (Å²) in [5.41, 5.74) is 0. The number of hydrogen-bond donors (Lipinski definition) is 0. The Morgan fingerprint density at radius 3 is 0.717 bits per heavy atom. The van der Waals surface area contributed by atoms with E-state index in [1.807, 2.05) is 0 Å². The van der Waals surface area contributed by atoms with Crippen LogP contribution in [-0.4, -0.2) is 54.2 Å². The molecule has 0 radical (unpaired) electrons. The summed E-state index contributed by atoms with van der Waals surface area (Å²) in [6.45, 7) is 13.6. The van der Waals surface area contributed by atoms with E-state index in [0.29, 0.717) is 0 Å². The fourth-order valence-corrected chi connectivity index (χ4v) is 12.9. The number of hydrogen-bond acceptors (Lipinski definition) is 4. The molecule has 0 aliphatic carbocycles. The van der Waals surface area contributed by atoms with Gasteiger partial charge >= 0.3 is 139 Å². The molecule has 0 fully saturated rings. The first-order chi connectivity index (χ1) is 22.4. The van der Waals surface area contributed by atoms with E-state index in [0.717, 1.165) is 25.7 Å². The summed E-state index contributed by atoms with van der Waals surface area (Å²) in [6, 6.07) is 0. The summed E-state index contributed by atoms with van der Waals surface area (Å²) in [5.74, 6) is -1.82. The summed E-state index contributed by atoms with van der Waals surface area (Å²) < 4.78 is 6.50. The van der Waals surface area contributed by atoms with Crippen molar-refractivity contribution < 1.29 is 19.8 Å². The van der Waals surface area contributed by atoms with E-state index in [9.17, 15) is 19.8 Å². The number of unbranched alkanes of at least 4 members (excludes halogenated alkanes) is 20. The Bertz CT molecular complexity index is 473. The topological polar surface area (TPSA) is 80.3 Å². The summed E-state index contributed by atoms with van der Waals surface area (Å²) in [5, 5.41) is 20.2. The van der Waals surface area contributed by atoms with Crippen LogP contribution >= 0.6 is 0 Å². The number of carboxylic acids is 2. The summed E-state index contributed by atoms with van der Waals surface area (Å²) in [4.78, 5) is 20.2. The molecule has 0 bridgehead atoms. The van der Waals surface area contributed by atoms with E-state index in [-0.39, 0.29) is 55.1 Å². The van der Waals surface area contributed by atoms with Gasteiger partial charge in [-0.05, 0) is 25.7 Å². The van der Waals surface area contributed by atoms with E-state index in [1.165, 1.54) is 141 Å². The number of rotatable bonds is 32. The number of aliphatic carboxylic acids is 2. The summed E-state index contributed by atoms with van der Waals surface area (Å²) >= 11 is 0.299. The maximum atomic E-state index is 10.1. The summed E-state index contributed by atoms with van der Waals surface area (Å²) in [7, 11) is 0. The Morgan fingerprint density at radius 1 is 0.326 bits per heavy atom. The molecule has 0 spiro atoms. The van der Waals surface area contributed by atoms with Crippen molar-refractivity contribution in [2.75, 3.05) is 0 Å². The first-order valence-electron chi connectivity index (χ1n) is 20.2. The molecule has 0 N–H and O–H groups in total. The van der Waals surface area contributed by atoms with Gasteiger partial charge in [-0.3, -0.25) is 0 Å². The molecule has 272 valence electrons. The Kier molecular flexibility index (Phi) is 63.7. The van der Waals surface area contributed by atoms with Gasteiger partial charge in [0.15, 0.2) is 0 Å². The van der Waals surface area contributed by atoms with Gasteiger partial charge in [0, 0.05) is 11.9 Å². The van der Waals surface area contributed by atoms with Gasteiger partial charge in [-0.15, -0.1) is 0 Å². The van der Waals surface area contributed by atoms with Gasteiger partial charge in [0.05, 0.1) is 0 Å². The van der Waals surface area contributed by atoms with E-state index >= 15 is 0 Å². The monoisotopic (exact) mass is 866 g/mol. The molecule has 0 aliphatic rings. The fraction of sp³-hybridized carbons (Fsp3) is 0.950. The van der Waals surface area contributed by atoms with E-state index in [2.05, 4.69) is 41.5 Å². The molecule has 0 atom stereocenters. The molecular weight excluding hydrogens is 782 g/mol. The molecule has 0 saturated heterocycles. The second-order valence-corrected chi connectivity index (χ2v) is 21.4. The van der Waals surface area contributed by atoms with Crippen LogP contribution in [0.1, 0.15) is 221 Å². The molecule has 0 rings (SSSR count). The molecule has 0 amide bonds. The minimum atomic E-state index is -0.909. The van der Waals surface area contributed by atoms with Crippen LogP contribution in [0.15, 0.2) is 0 Å². The van der Waals surface area contributed by atoms with E-state index < -0.39 is 11.9 Å². The molecule has 46 heavy (non-hydrogen) atoms. The Hall–Kier alpha value is 0.537. The third kappa shape index (κ3) is 70.8. The van der Waals surface area contributed by atoms with Gasteiger partial charge in [0.2, 0.25) is 0 Å². The molecule has 0 aromatic rings. The van der Waals surface area contributed by atoms with Crippen molar-refractivity contribution >= 4 is 54.2 Å². The third-order valence-corrected chi connectivity index (χ3v) is 15.9. The molecule has 6 heteroatoms. The number of carbonyl (C=O) groups is 2. The van der Waals surface area contributed by atoms with Crippen LogP contribution in [0.3, 0.4) is 0 Å². The van der Waals surface area contributed by atoms with E-state index in [1.54, 1.807) is 17.7 Å². The SMILES string of the molecule is CCCCCCCCCCCC(=O)[O-].CCCCCCCCCCCC(=O)[O-].CCC[CH2][Sn+2][CH2]CCC.CCC[CH2][Sn+2][CH2]CCC. The van der Waals surface area contributed by atoms with Gasteiger partial charge in [-0.25, -0.2) is 0 Å². The van der Waals surface area contributed by atoms with E-state index in [4.69, 9.17) is 0 Å². The molecule has 0 saturated carbocycles. The molecule has 4 nitrogen and oxygen atoms in total. The van der Waals surface area contributed by atoms with Crippen LogP contribution in [-0.2, 0) is 9.59 Å². The molecule has 0 heterocycles. The first-order valence-corrected chi connectivity index (χ1v) is 28.3. The van der Waals surface area contributed by atoms with Crippen molar-refractivity contribution in [1.29, 1.82) is 0 Å². The van der Waals surface area contributed by atoms with Crippen LogP contribution < -0.4 is 10.2 Å². The zero-order chi connectivity index (χ0) is 35.2. The quantitative estimate of drug-likeness (QED) is 0.0498. The molecule has 0 aliphatic heterocycles. The van der Waals surface area contributed by atoms with Crippen LogP contribution in [0.5, 0.6) is 0 Å². The first kappa shape index (κ1) is 53.3. The molecule has 0 aromatic heterocycles. The maximum absolute atomic E-state index is 10.1. The zero-order valence-electron chi connectivity index (χ0n) is 32.3. The molecular formula is C40H82O4Sn2+2. The normalized spacial score (nSPS) is 9.87. The zero-order valence-corrected chi connectivity index (χ0v) is 38.0. The summed E-state index contributed by atoms with van der Waals surface area (Å²) in [6.07, 6.45) is 34.0. The van der Waals surface area contributed by atoms with Crippen molar-refractivity contribution in [1.82, 2.24) is 0 Å². The predicted octanol–water partition coefficient (Wildman–Crippen LogP) is 11.6. The van der Waals surface area contributed by atoms with Crippen molar-refractivity contribution in [3.05, 3.63) is 0 Å². The van der Waals surface area contributed by atoms with Gasteiger partial charge < -0.3 is 19.8 Å². The number of carboxylic acid groups (broad SMARTS) is 2. The van der Waals surface area contributed by atoms with Crippen molar-refractivity contribution in [3.8, 4) is 0 Å². The van der Waals surface area contributed by atoms with Gasteiger partial charge in [0.1, 0.15) is 0 Å². The standard InChI is InChI=1S/2C12H24O2.4C4H9.2Sn/c2*1-2-3-4-5-6-7-8-9-10-11-12(13)14;4*1-3-4-2;;/h2*2-11H2,1H3,(H,13,14);4*1,3-4H2,2H3;;/q;;;;;;2*+2/p-2. The van der Waals surface area contributed by atoms with Gasteiger partial charge in [0.25, 0.3) is 0 Å². The van der Waals surface area contributed by atoms with Crippen LogP contribution in [0.2, 0.25) is 17.7 Å². The van der Waals surface area contributed by atoms with Gasteiger partial charge in [-0.1, -0.05) is 117 Å². The van der Waals surface area contributed by atoms with Crippen LogP contribution in [0.25, 0.3) is 0 Å². The Labute approximate surface area is 311 Å². The Balaban J connectivity index is -0.000000261.